The maximum atomic E-state index is 13.5. The fourth-order valence-corrected chi connectivity index (χ4v) is 1.59. The molecule has 5 heteroatoms. The van der Waals surface area contributed by atoms with Gasteiger partial charge in [0.2, 0.25) is 0 Å². The Labute approximate surface area is 104 Å². The zero-order chi connectivity index (χ0) is 13.0. The average Bonchev–Trinajstić information content (AvgIpc) is 2.39. The molecule has 0 saturated carbocycles. The molecule has 0 radical (unpaired) electrons. The van der Waals surface area contributed by atoms with E-state index in [1.807, 2.05) is 0 Å². The molecule has 0 aliphatic heterocycles. The minimum Gasteiger partial charge on any atom is -0.385 e. The molecule has 1 heterocycles. The molecule has 1 amide bonds. The third-order valence-electron chi connectivity index (χ3n) is 2.41. The predicted molar refractivity (Wildman–Crippen MR) is 68.1 cm³/mol. The normalized spacial score (nSPS) is 9.89. The molecular formula is C13H12FN3O. The molecule has 18 heavy (non-hydrogen) atoms. The van der Waals surface area contributed by atoms with Crippen LogP contribution in [0.5, 0.6) is 0 Å². The van der Waals surface area contributed by atoms with Gasteiger partial charge >= 0.3 is 0 Å². The number of benzene rings is 1. The van der Waals surface area contributed by atoms with Gasteiger partial charge in [-0.2, -0.15) is 0 Å². The van der Waals surface area contributed by atoms with Crippen molar-refractivity contribution in [2.24, 2.45) is 0 Å². The van der Waals surface area contributed by atoms with Crippen LogP contribution in [-0.4, -0.2) is 17.9 Å². The lowest BCUT2D eigenvalue weighted by atomic mass is 10.1. The summed E-state index contributed by atoms with van der Waals surface area (Å²) in [7, 11) is 1.57. The molecule has 0 atom stereocenters. The Kier molecular flexibility index (Phi) is 3.52. The molecule has 0 bridgehead atoms. The van der Waals surface area contributed by atoms with Crippen molar-refractivity contribution in [2.75, 3.05) is 17.7 Å². The number of hydrogen-bond acceptors (Lipinski definition) is 3. The van der Waals surface area contributed by atoms with E-state index in [2.05, 4.69) is 15.6 Å². The number of nitrogens with one attached hydrogen (secondary N) is 2. The first kappa shape index (κ1) is 12.0. The van der Waals surface area contributed by atoms with Crippen LogP contribution in [0, 0.1) is 5.82 Å². The van der Waals surface area contributed by atoms with Crippen molar-refractivity contribution in [2.45, 2.75) is 0 Å². The summed E-state index contributed by atoms with van der Waals surface area (Å²) >= 11 is 0. The van der Waals surface area contributed by atoms with E-state index in [9.17, 15) is 9.18 Å². The quantitative estimate of drug-likeness (QED) is 0.873. The van der Waals surface area contributed by atoms with E-state index in [1.54, 1.807) is 37.5 Å². The number of rotatable bonds is 3. The van der Waals surface area contributed by atoms with E-state index in [-0.39, 0.29) is 11.3 Å². The zero-order valence-electron chi connectivity index (χ0n) is 9.77. The van der Waals surface area contributed by atoms with Gasteiger partial charge in [-0.1, -0.05) is 12.1 Å². The van der Waals surface area contributed by atoms with Crippen LogP contribution in [0.2, 0.25) is 0 Å². The maximum absolute atomic E-state index is 13.5. The van der Waals surface area contributed by atoms with E-state index >= 15 is 0 Å². The molecule has 1 aromatic carbocycles. The number of halogens is 1. The number of anilines is 2. The Bertz CT molecular complexity index is 557. The SMILES string of the molecule is CNc1c(F)cccc1C(=O)Nc1ccccn1. The van der Waals surface area contributed by atoms with Gasteiger partial charge in [0.1, 0.15) is 11.6 Å². The summed E-state index contributed by atoms with van der Waals surface area (Å²) in [5.41, 5.74) is 0.411. The van der Waals surface area contributed by atoms with Gasteiger partial charge in [0.15, 0.2) is 0 Å². The van der Waals surface area contributed by atoms with Crippen LogP contribution in [-0.2, 0) is 0 Å². The topological polar surface area (TPSA) is 54.0 Å². The van der Waals surface area contributed by atoms with Crippen LogP contribution >= 0.6 is 0 Å². The standard InChI is InChI=1S/C13H12FN3O/c1-15-12-9(5-4-6-10(12)14)13(18)17-11-7-2-3-8-16-11/h2-8,15H,1H3,(H,16,17,18). The van der Waals surface area contributed by atoms with E-state index in [4.69, 9.17) is 0 Å². The van der Waals surface area contributed by atoms with E-state index < -0.39 is 11.7 Å². The highest BCUT2D eigenvalue weighted by Crippen LogP contribution is 2.20. The van der Waals surface area contributed by atoms with Crippen LogP contribution in [0.3, 0.4) is 0 Å². The summed E-state index contributed by atoms with van der Waals surface area (Å²) in [6, 6.07) is 9.50. The molecular weight excluding hydrogens is 233 g/mol. The highest BCUT2D eigenvalue weighted by atomic mass is 19.1. The van der Waals surface area contributed by atoms with Crippen LogP contribution in [0.15, 0.2) is 42.6 Å². The highest BCUT2D eigenvalue weighted by molar-refractivity contribution is 6.07. The first-order valence-corrected chi connectivity index (χ1v) is 5.41. The molecule has 1 aromatic heterocycles. The number of hydrogen-bond donors (Lipinski definition) is 2. The number of amides is 1. The molecule has 0 saturated heterocycles. The third-order valence-corrected chi connectivity index (χ3v) is 2.41. The lowest BCUT2D eigenvalue weighted by Gasteiger charge is -2.09. The van der Waals surface area contributed by atoms with Gasteiger partial charge in [-0.05, 0) is 24.3 Å². The molecule has 0 aliphatic rings. The van der Waals surface area contributed by atoms with Gasteiger partial charge < -0.3 is 10.6 Å². The predicted octanol–water partition coefficient (Wildman–Crippen LogP) is 2.51. The Hall–Kier alpha value is -2.43. The molecule has 2 aromatic rings. The maximum Gasteiger partial charge on any atom is 0.259 e. The van der Waals surface area contributed by atoms with E-state index in [0.717, 1.165) is 0 Å². The fourth-order valence-electron chi connectivity index (χ4n) is 1.59. The molecule has 2 rings (SSSR count). The number of carbonyl (C=O) groups is 1. The Morgan fingerprint density at radius 3 is 2.72 bits per heavy atom. The second-order valence-electron chi connectivity index (χ2n) is 3.58. The molecule has 92 valence electrons. The summed E-state index contributed by atoms with van der Waals surface area (Å²) in [6.07, 6.45) is 1.57. The largest absolute Gasteiger partial charge is 0.385 e. The van der Waals surface area contributed by atoms with Crippen molar-refractivity contribution >= 4 is 17.4 Å². The van der Waals surface area contributed by atoms with Gasteiger partial charge in [-0.15, -0.1) is 0 Å². The fraction of sp³-hybridized carbons (Fsp3) is 0.0769. The first-order chi connectivity index (χ1) is 8.72. The number of carbonyl (C=O) groups excluding carboxylic acids is 1. The summed E-state index contributed by atoms with van der Waals surface area (Å²) < 4.78 is 13.5. The number of para-hydroxylation sites is 1. The van der Waals surface area contributed by atoms with Crippen LogP contribution in [0.25, 0.3) is 0 Å². The van der Waals surface area contributed by atoms with Crippen molar-refractivity contribution in [3.63, 3.8) is 0 Å². The minimum absolute atomic E-state index is 0.172. The monoisotopic (exact) mass is 245 g/mol. The van der Waals surface area contributed by atoms with Gasteiger partial charge in [-0.25, -0.2) is 9.37 Å². The van der Waals surface area contributed by atoms with E-state index in [0.29, 0.717) is 5.82 Å². The van der Waals surface area contributed by atoms with Crippen molar-refractivity contribution in [3.05, 3.63) is 54.0 Å². The molecule has 0 aliphatic carbocycles. The van der Waals surface area contributed by atoms with Crippen LogP contribution < -0.4 is 10.6 Å². The summed E-state index contributed by atoms with van der Waals surface area (Å²) in [5.74, 6) is -0.447. The second-order valence-corrected chi connectivity index (χ2v) is 3.58. The van der Waals surface area contributed by atoms with Crippen molar-refractivity contribution < 1.29 is 9.18 Å². The lowest BCUT2D eigenvalue weighted by Crippen LogP contribution is -2.15. The van der Waals surface area contributed by atoms with Gasteiger partial charge in [0.05, 0.1) is 11.3 Å². The number of aromatic nitrogens is 1. The Morgan fingerprint density at radius 1 is 1.22 bits per heavy atom. The zero-order valence-corrected chi connectivity index (χ0v) is 9.77. The van der Waals surface area contributed by atoms with Crippen LogP contribution in [0.1, 0.15) is 10.4 Å². The van der Waals surface area contributed by atoms with Crippen molar-refractivity contribution in [1.82, 2.24) is 4.98 Å². The molecule has 4 nitrogen and oxygen atoms in total. The average molecular weight is 245 g/mol. The summed E-state index contributed by atoms with van der Waals surface area (Å²) in [6.45, 7) is 0. The Balaban J connectivity index is 2.27. The summed E-state index contributed by atoms with van der Waals surface area (Å²) in [4.78, 5) is 16.0. The smallest absolute Gasteiger partial charge is 0.259 e. The van der Waals surface area contributed by atoms with Crippen molar-refractivity contribution in [1.29, 1.82) is 0 Å². The first-order valence-electron chi connectivity index (χ1n) is 5.41. The Morgan fingerprint density at radius 2 is 2.06 bits per heavy atom. The summed E-state index contributed by atoms with van der Waals surface area (Å²) in [5, 5.41) is 5.28. The number of nitrogens with zero attached hydrogens (tertiary/aromatic N) is 1. The molecule has 0 spiro atoms. The third kappa shape index (κ3) is 2.45. The second kappa shape index (κ2) is 5.27. The van der Waals surface area contributed by atoms with Crippen LogP contribution in [0.4, 0.5) is 15.9 Å². The lowest BCUT2D eigenvalue weighted by molar-refractivity contribution is 0.102. The number of pyridine rings is 1. The highest BCUT2D eigenvalue weighted by Gasteiger charge is 2.14. The minimum atomic E-state index is -0.467. The van der Waals surface area contributed by atoms with Gasteiger partial charge in [-0.3, -0.25) is 4.79 Å². The molecule has 0 unspecified atom stereocenters. The van der Waals surface area contributed by atoms with E-state index in [1.165, 1.54) is 12.1 Å². The van der Waals surface area contributed by atoms with Crippen molar-refractivity contribution in [3.8, 4) is 0 Å². The molecule has 0 fully saturated rings. The molecule has 2 N–H and O–H groups in total. The van der Waals surface area contributed by atoms with Gasteiger partial charge in [0.25, 0.3) is 5.91 Å². The van der Waals surface area contributed by atoms with Gasteiger partial charge in [0, 0.05) is 13.2 Å².